The Morgan fingerprint density at radius 2 is 0.944 bits per heavy atom. The van der Waals surface area contributed by atoms with Gasteiger partial charge in [0.05, 0.1) is 71.2 Å². The Kier molecular flexibility index (Phi) is 10.4. The predicted octanol–water partition coefficient (Wildman–Crippen LogP) is 16.8. The van der Waals surface area contributed by atoms with Crippen LogP contribution in [0.4, 0.5) is 30.2 Å². The highest BCUT2D eigenvalue weighted by Gasteiger charge is 2.31. The van der Waals surface area contributed by atoms with Crippen LogP contribution < -0.4 is 0 Å². The van der Waals surface area contributed by atoms with E-state index in [4.69, 9.17) is 19.7 Å². The molecule has 72 heavy (non-hydrogen) atoms. The Balaban J connectivity index is 1.19. The van der Waals surface area contributed by atoms with Gasteiger partial charge in [-0.2, -0.15) is 29.0 Å². The van der Waals surface area contributed by atoms with E-state index in [1.54, 1.807) is 48.5 Å². The lowest BCUT2D eigenvalue weighted by Crippen LogP contribution is -2.04. The van der Waals surface area contributed by atoms with Gasteiger partial charge in [0.15, 0.2) is 17.1 Å². The third kappa shape index (κ3) is 7.29. The molecule has 0 amide bonds. The molecule has 11 aromatic rings. The Hall–Kier alpha value is -10.7. The number of nitriles is 3. The van der Waals surface area contributed by atoms with Crippen molar-refractivity contribution in [3.8, 4) is 74.1 Å². The third-order valence-corrected chi connectivity index (χ3v) is 13.0. The molecule has 334 valence electrons. The number of halogens is 3. The molecule has 2 aromatic heterocycles. The summed E-state index contributed by atoms with van der Waals surface area (Å²) >= 11 is 0. The first kappa shape index (κ1) is 43.9. The van der Waals surface area contributed by atoms with Crippen molar-refractivity contribution in [2.45, 2.75) is 6.18 Å². The minimum absolute atomic E-state index is 0.200. The average Bonchev–Trinajstić information content (AvgIpc) is 3.94. The standard InChI is InChI=1S/C61H29F3N8/c1-68-44-24-37(34-66)22-41(27-44)39-13-20-58-53(29-39)49-8-4-6-10-56(49)71(58)46-16-18-47(48-17-15-43(61(62,63)64)31-55(48)70-3)51(32-46)52-26-36(33-65)12-19-59(52)72-57-11-7-5-9-50(57)54-30-40(14-21-60(54)72)42-23-38(35-67)25-45(28-42)69-2/h4-32H. The Morgan fingerprint density at radius 1 is 0.403 bits per heavy atom. The molecule has 9 aromatic carbocycles. The van der Waals surface area contributed by atoms with E-state index in [0.29, 0.717) is 67.3 Å². The molecule has 8 nitrogen and oxygen atoms in total. The molecule has 0 unspecified atom stereocenters. The van der Waals surface area contributed by atoms with Crippen molar-refractivity contribution in [2.75, 3.05) is 0 Å². The van der Waals surface area contributed by atoms with Crippen LogP contribution in [0.2, 0.25) is 0 Å². The van der Waals surface area contributed by atoms with Gasteiger partial charge in [-0.25, -0.2) is 14.5 Å². The van der Waals surface area contributed by atoms with Crippen LogP contribution in [0.3, 0.4) is 0 Å². The molecule has 0 radical (unpaired) electrons. The van der Waals surface area contributed by atoms with E-state index in [-0.39, 0.29) is 11.3 Å². The largest absolute Gasteiger partial charge is 0.415 e. The molecule has 0 fully saturated rings. The Morgan fingerprint density at radius 3 is 1.50 bits per heavy atom. The van der Waals surface area contributed by atoms with Gasteiger partial charge in [0.1, 0.15) is 0 Å². The fourth-order valence-corrected chi connectivity index (χ4v) is 9.83. The maximum atomic E-state index is 14.2. The lowest BCUT2D eigenvalue weighted by Gasteiger charge is -2.20. The van der Waals surface area contributed by atoms with Crippen LogP contribution >= 0.6 is 0 Å². The summed E-state index contributed by atoms with van der Waals surface area (Å²) in [5, 5.41) is 33.6. The van der Waals surface area contributed by atoms with Crippen molar-refractivity contribution < 1.29 is 13.2 Å². The number of hydrogen-bond donors (Lipinski definition) is 0. The van der Waals surface area contributed by atoms with Crippen molar-refractivity contribution >= 4 is 60.7 Å². The van der Waals surface area contributed by atoms with Crippen molar-refractivity contribution in [3.63, 3.8) is 0 Å². The molecule has 0 bridgehead atoms. The maximum absolute atomic E-state index is 14.2. The first-order valence-corrected chi connectivity index (χ1v) is 22.2. The van der Waals surface area contributed by atoms with Crippen LogP contribution in [-0.2, 0) is 6.18 Å². The molecule has 2 heterocycles. The maximum Gasteiger partial charge on any atom is 0.415 e. The summed E-state index contributed by atoms with van der Waals surface area (Å²) in [6.07, 6.45) is -4.69. The molecule has 11 rings (SSSR count). The molecule has 0 aliphatic carbocycles. The van der Waals surface area contributed by atoms with E-state index in [2.05, 4.69) is 41.9 Å². The molecule has 11 heteroatoms. The number of fused-ring (bicyclic) bond motifs is 6. The van der Waals surface area contributed by atoms with Gasteiger partial charge in [0.25, 0.3) is 0 Å². The second kappa shape index (κ2) is 17.1. The average molecular weight is 931 g/mol. The summed E-state index contributed by atoms with van der Waals surface area (Å²) in [6.45, 7) is 23.4. The van der Waals surface area contributed by atoms with Crippen molar-refractivity contribution in [1.82, 2.24) is 9.13 Å². The second-order valence-electron chi connectivity index (χ2n) is 17.1. The van der Waals surface area contributed by atoms with Gasteiger partial charge in [-0.3, -0.25) is 0 Å². The van der Waals surface area contributed by atoms with Gasteiger partial charge >= 0.3 is 6.18 Å². The monoisotopic (exact) mass is 930 g/mol. The molecule has 0 spiro atoms. The number of nitrogens with zero attached hydrogens (tertiary/aromatic N) is 8. The second-order valence-corrected chi connectivity index (χ2v) is 17.1. The number of para-hydroxylation sites is 2. The van der Waals surface area contributed by atoms with Crippen molar-refractivity contribution in [1.29, 1.82) is 15.8 Å². The van der Waals surface area contributed by atoms with Gasteiger partial charge < -0.3 is 9.13 Å². The summed E-state index contributed by atoms with van der Waals surface area (Å²) in [5.74, 6) is 0. The predicted molar refractivity (Wildman–Crippen MR) is 275 cm³/mol. The van der Waals surface area contributed by atoms with Gasteiger partial charge in [0.2, 0.25) is 0 Å². The number of alkyl halides is 3. The number of benzene rings is 9. The summed E-state index contributed by atoms with van der Waals surface area (Å²) in [5.41, 5.74) is 10.0. The van der Waals surface area contributed by atoms with Gasteiger partial charge in [0, 0.05) is 49.5 Å². The zero-order chi connectivity index (χ0) is 49.8. The van der Waals surface area contributed by atoms with Crippen LogP contribution in [0.25, 0.3) is 114 Å². The van der Waals surface area contributed by atoms with E-state index in [1.165, 1.54) is 6.07 Å². The molecule has 0 saturated heterocycles. The van der Waals surface area contributed by atoms with E-state index < -0.39 is 11.7 Å². The molecular formula is C61H29F3N8. The van der Waals surface area contributed by atoms with E-state index in [9.17, 15) is 29.0 Å². The topological polar surface area (TPSA) is 94.3 Å². The Labute approximate surface area is 409 Å². The summed E-state index contributed by atoms with van der Waals surface area (Å²) in [7, 11) is 0. The van der Waals surface area contributed by atoms with Gasteiger partial charge in [-0.05, 0) is 148 Å². The van der Waals surface area contributed by atoms with Crippen LogP contribution in [0.5, 0.6) is 0 Å². The highest BCUT2D eigenvalue weighted by molar-refractivity contribution is 6.12. The first-order chi connectivity index (χ1) is 35.0. The first-order valence-electron chi connectivity index (χ1n) is 22.2. The summed E-state index contributed by atoms with van der Waals surface area (Å²) in [6, 6.07) is 58.5. The molecule has 0 aliphatic rings. The minimum atomic E-state index is -4.69. The van der Waals surface area contributed by atoms with E-state index >= 15 is 0 Å². The van der Waals surface area contributed by atoms with Crippen LogP contribution in [0, 0.1) is 53.7 Å². The zero-order valence-corrected chi connectivity index (χ0v) is 37.5. The number of aromatic nitrogens is 2. The zero-order valence-electron chi connectivity index (χ0n) is 37.5. The fourth-order valence-electron chi connectivity index (χ4n) is 9.83. The molecule has 0 saturated carbocycles. The van der Waals surface area contributed by atoms with Crippen molar-refractivity contribution in [2.24, 2.45) is 0 Å². The van der Waals surface area contributed by atoms with Crippen LogP contribution in [0.15, 0.2) is 176 Å². The lowest BCUT2D eigenvalue weighted by atomic mass is 9.90. The molecule has 0 atom stereocenters. The highest BCUT2D eigenvalue weighted by Crippen LogP contribution is 2.46. The van der Waals surface area contributed by atoms with Gasteiger partial charge in [-0.1, -0.05) is 66.7 Å². The quantitative estimate of drug-likeness (QED) is 0.155. The van der Waals surface area contributed by atoms with Crippen LogP contribution in [-0.4, -0.2) is 9.13 Å². The molecule has 0 aliphatic heterocycles. The highest BCUT2D eigenvalue weighted by atomic mass is 19.4. The molecule has 0 N–H and O–H groups in total. The van der Waals surface area contributed by atoms with Crippen LogP contribution in [0.1, 0.15) is 22.3 Å². The number of hydrogen-bond acceptors (Lipinski definition) is 3. The summed E-state index contributed by atoms with van der Waals surface area (Å²) < 4.78 is 46.7. The fraction of sp³-hybridized carbons (Fsp3) is 0.0164. The lowest BCUT2D eigenvalue weighted by molar-refractivity contribution is -0.137. The number of rotatable bonds is 6. The summed E-state index contributed by atoms with van der Waals surface area (Å²) in [4.78, 5) is 10.8. The van der Waals surface area contributed by atoms with E-state index in [0.717, 1.165) is 66.9 Å². The molecular weight excluding hydrogens is 902 g/mol. The smallest absolute Gasteiger partial charge is 0.309 e. The van der Waals surface area contributed by atoms with E-state index in [1.807, 2.05) is 109 Å². The normalized spacial score (nSPS) is 11.2. The SMILES string of the molecule is [C-]#[N+]c1cc(C#N)cc(-c2ccc3c(c2)c2ccccc2n3-c2ccc(-c3ccc(C(F)(F)F)cc3[N+]#[C-])c(-c3cc(C#N)ccc3-n3c4ccccc4c4cc(-c5cc(C#N)cc([N+]#[C-])c5)ccc43)c2)c1. The minimum Gasteiger partial charge on any atom is -0.309 e. The van der Waals surface area contributed by atoms with Crippen molar-refractivity contribution in [3.05, 3.63) is 232 Å². The third-order valence-electron chi connectivity index (χ3n) is 13.0. The van der Waals surface area contributed by atoms with Gasteiger partial charge in [-0.15, -0.1) is 0 Å². The Bertz CT molecular complexity index is 4350.